The van der Waals surface area contributed by atoms with Crippen molar-refractivity contribution in [2.45, 2.75) is 31.6 Å². The Morgan fingerprint density at radius 3 is 2.50 bits per heavy atom. The van der Waals surface area contributed by atoms with E-state index >= 15 is 0 Å². The fourth-order valence-electron chi connectivity index (χ4n) is 2.75. The van der Waals surface area contributed by atoms with Gasteiger partial charge in [-0.25, -0.2) is 0 Å². The number of nitrogens with two attached hydrogens (primary N) is 1. The molecule has 0 bridgehead atoms. The second-order valence-corrected chi connectivity index (χ2v) is 5.68. The van der Waals surface area contributed by atoms with Crippen molar-refractivity contribution in [3.8, 4) is 0 Å². The molecule has 0 radical (unpaired) electrons. The minimum Gasteiger partial charge on any atom is -0.398 e. The van der Waals surface area contributed by atoms with E-state index in [0.29, 0.717) is 21.7 Å². The molecule has 1 heterocycles. The summed E-state index contributed by atoms with van der Waals surface area (Å²) in [6, 6.07) is 5.50. The van der Waals surface area contributed by atoms with E-state index in [4.69, 9.17) is 28.9 Å². The van der Waals surface area contributed by atoms with Gasteiger partial charge in [0, 0.05) is 22.7 Å². The van der Waals surface area contributed by atoms with E-state index in [-0.39, 0.29) is 0 Å². The number of benzene rings is 1. The van der Waals surface area contributed by atoms with Gasteiger partial charge in [0.15, 0.2) is 0 Å². The van der Waals surface area contributed by atoms with Crippen LogP contribution in [0.25, 0.3) is 10.9 Å². The van der Waals surface area contributed by atoms with Gasteiger partial charge in [0.2, 0.25) is 0 Å². The number of pyridine rings is 1. The Kier molecular flexibility index (Phi) is 3.08. The van der Waals surface area contributed by atoms with E-state index in [1.165, 1.54) is 25.7 Å². The smallest absolute Gasteiger partial charge is 0.0927 e. The molecule has 1 fully saturated rings. The topological polar surface area (TPSA) is 38.9 Å². The average molecular weight is 281 g/mol. The lowest BCUT2D eigenvalue weighted by molar-refractivity contribution is 0.701. The van der Waals surface area contributed by atoms with E-state index in [0.717, 1.165) is 16.6 Å². The van der Waals surface area contributed by atoms with Gasteiger partial charge in [-0.15, -0.1) is 0 Å². The number of rotatable bonds is 1. The summed E-state index contributed by atoms with van der Waals surface area (Å²) in [4.78, 5) is 4.68. The maximum absolute atomic E-state index is 6.20. The minimum atomic E-state index is 0.520. The van der Waals surface area contributed by atoms with Crippen LogP contribution in [0.3, 0.4) is 0 Å². The molecular weight excluding hydrogens is 267 g/mol. The summed E-state index contributed by atoms with van der Waals surface area (Å²) in [5, 5.41) is 1.99. The number of hydrogen-bond acceptors (Lipinski definition) is 2. The molecule has 0 amide bonds. The van der Waals surface area contributed by atoms with Gasteiger partial charge in [0.25, 0.3) is 0 Å². The van der Waals surface area contributed by atoms with Gasteiger partial charge < -0.3 is 5.73 Å². The zero-order chi connectivity index (χ0) is 12.7. The van der Waals surface area contributed by atoms with Crippen molar-refractivity contribution in [3.05, 3.63) is 33.9 Å². The monoisotopic (exact) mass is 280 g/mol. The first kappa shape index (κ1) is 12.1. The molecule has 18 heavy (non-hydrogen) atoms. The second kappa shape index (κ2) is 4.60. The van der Waals surface area contributed by atoms with Crippen molar-refractivity contribution in [1.29, 1.82) is 0 Å². The van der Waals surface area contributed by atoms with Crippen molar-refractivity contribution in [2.75, 3.05) is 5.73 Å². The molecule has 2 nitrogen and oxygen atoms in total. The lowest BCUT2D eigenvalue weighted by Crippen LogP contribution is -2.00. The highest BCUT2D eigenvalue weighted by atomic mass is 35.5. The summed E-state index contributed by atoms with van der Waals surface area (Å²) >= 11 is 12.4. The summed E-state index contributed by atoms with van der Waals surface area (Å²) in [5.41, 5.74) is 8.57. The van der Waals surface area contributed by atoms with E-state index in [9.17, 15) is 0 Å². The summed E-state index contributed by atoms with van der Waals surface area (Å²) < 4.78 is 0. The highest BCUT2D eigenvalue weighted by Gasteiger charge is 2.20. The Labute approximate surface area is 116 Å². The standard InChI is InChI=1S/C14H14Cl2N2/c15-9-5-6-10(16)14-13(9)11(17)7-12(18-14)8-3-1-2-4-8/h5-8H,1-4H2,(H2,17,18). The highest BCUT2D eigenvalue weighted by Crippen LogP contribution is 2.38. The summed E-state index contributed by atoms with van der Waals surface area (Å²) in [7, 11) is 0. The van der Waals surface area contributed by atoms with E-state index in [2.05, 4.69) is 4.98 Å². The van der Waals surface area contributed by atoms with Gasteiger partial charge in [0.05, 0.1) is 15.6 Å². The molecule has 0 spiro atoms. The lowest BCUT2D eigenvalue weighted by atomic mass is 10.0. The molecule has 0 aliphatic heterocycles. The van der Waals surface area contributed by atoms with E-state index < -0.39 is 0 Å². The Morgan fingerprint density at radius 2 is 1.78 bits per heavy atom. The Balaban J connectivity index is 2.23. The highest BCUT2D eigenvalue weighted by molar-refractivity contribution is 6.40. The zero-order valence-electron chi connectivity index (χ0n) is 9.92. The number of halogens is 2. The quantitative estimate of drug-likeness (QED) is 0.816. The number of nitrogens with zero attached hydrogens (tertiary/aromatic N) is 1. The van der Waals surface area contributed by atoms with Crippen molar-refractivity contribution < 1.29 is 0 Å². The van der Waals surface area contributed by atoms with Crippen molar-refractivity contribution in [3.63, 3.8) is 0 Å². The Hall–Kier alpha value is -0.990. The van der Waals surface area contributed by atoms with Gasteiger partial charge in [-0.1, -0.05) is 36.0 Å². The molecule has 1 aliphatic carbocycles. The average Bonchev–Trinajstić information content (AvgIpc) is 2.87. The predicted molar refractivity (Wildman–Crippen MR) is 77.4 cm³/mol. The molecule has 2 N–H and O–H groups in total. The molecule has 1 aliphatic rings. The maximum Gasteiger partial charge on any atom is 0.0927 e. The lowest BCUT2D eigenvalue weighted by Gasteiger charge is -2.13. The SMILES string of the molecule is Nc1cc(C2CCCC2)nc2c(Cl)ccc(Cl)c12. The predicted octanol–water partition coefficient (Wildman–Crippen LogP) is 4.78. The van der Waals surface area contributed by atoms with Gasteiger partial charge in [-0.05, 0) is 31.0 Å². The first-order valence-corrected chi connectivity index (χ1v) is 6.96. The van der Waals surface area contributed by atoms with Crippen LogP contribution in [0, 0.1) is 0 Å². The molecule has 0 unspecified atom stereocenters. The second-order valence-electron chi connectivity index (χ2n) is 4.87. The fraction of sp³-hybridized carbons (Fsp3) is 0.357. The molecule has 1 saturated carbocycles. The first-order valence-electron chi connectivity index (χ1n) is 6.21. The van der Waals surface area contributed by atoms with Crippen LogP contribution in [0.15, 0.2) is 18.2 Å². The van der Waals surface area contributed by atoms with Crippen LogP contribution in [0.4, 0.5) is 5.69 Å². The van der Waals surface area contributed by atoms with Crippen LogP contribution < -0.4 is 5.73 Å². The first-order chi connectivity index (χ1) is 8.66. The van der Waals surface area contributed by atoms with Gasteiger partial charge in [-0.2, -0.15) is 0 Å². The van der Waals surface area contributed by atoms with Crippen LogP contribution in [0.5, 0.6) is 0 Å². The molecule has 4 heteroatoms. The molecule has 2 aromatic rings. The molecular formula is C14H14Cl2N2. The molecule has 3 rings (SSSR count). The third kappa shape index (κ3) is 1.94. The number of anilines is 1. The Bertz CT molecular complexity index is 604. The summed E-state index contributed by atoms with van der Waals surface area (Å²) in [6.07, 6.45) is 4.92. The van der Waals surface area contributed by atoms with Gasteiger partial charge in [0.1, 0.15) is 0 Å². The Morgan fingerprint density at radius 1 is 1.11 bits per heavy atom. The largest absolute Gasteiger partial charge is 0.398 e. The van der Waals surface area contributed by atoms with Gasteiger partial charge in [-0.3, -0.25) is 4.98 Å². The van der Waals surface area contributed by atoms with Crippen LogP contribution in [-0.2, 0) is 0 Å². The molecule has 0 atom stereocenters. The van der Waals surface area contributed by atoms with Crippen LogP contribution in [-0.4, -0.2) is 4.98 Å². The minimum absolute atomic E-state index is 0.520. The molecule has 1 aromatic heterocycles. The van der Waals surface area contributed by atoms with Crippen molar-refractivity contribution in [1.82, 2.24) is 4.98 Å². The molecule has 0 saturated heterocycles. The summed E-state index contributed by atoms with van der Waals surface area (Å²) in [5.74, 6) is 0.520. The third-order valence-electron chi connectivity index (χ3n) is 3.68. The number of nitrogen functional groups attached to an aromatic ring is 1. The maximum atomic E-state index is 6.20. The van der Waals surface area contributed by atoms with Crippen LogP contribution >= 0.6 is 23.2 Å². The van der Waals surface area contributed by atoms with E-state index in [1.54, 1.807) is 12.1 Å². The zero-order valence-corrected chi connectivity index (χ0v) is 11.4. The van der Waals surface area contributed by atoms with Crippen molar-refractivity contribution >= 4 is 39.8 Å². The molecule has 94 valence electrons. The molecule has 1 aromatic carbocycles. The number of hydrogen-bond donors (Lipinski definition) is 1. The summed E-state index contributed by atoms with van der Waals surface area (Å²) in [6.45, 7) is 0. The van der Waals surface area contributed by atoms with Crippen LogP contribution in [0.1, 0.15) is 37.3 Å². The van der Waals surface area contributed by atoms with Gasteiger partial charge >= 0.3 is 0 Å². The van der Waals surface area contributed by atoms with Crippen molar-refractivity contribution in [2.24, 2.45) is 0 Å². The third-order valence-corrected chi connectivity index (χ3v) is 4.30. The fourth-order valence-corrected chi connectivity index (χ4v) is 3.21. The number of aromatic nitrogens is 1. The number of fused-ring (bicyclic) bond motifs is 1. The van der Waals surface area contributed by atoms with Crippen LogP contribution in [0.2, 0.25) is 10.0 Å². The normalized spacial score (nSPS) is 16.6. The van der Waals surface area contributed by atoms with E-state index in [1.807, 2.05) is 6.07 Å².